The summed E-state index contributed by atoms with van der Waals surface area (Å²) in [5.41, 5.74) is 1.15. The summed E-state index contributed by atoms with van der Waals surface area (Å²) in [4.78, 5) is 9.35. The fourth-order valence-electron chi connectivity index (χ4n) is 2.31. The number of aromatic nitrogens is 2. The van der Waals surface area contributed by atoms with Gasteiger partial charge in [0.25, 0.3) is 0 Å². The average Bonchev–Trinajstić information content (AvgIpc) is 3.24. The Hall–Kier alpha value is -0.680. The molecule has 1 N–H and O–H groups in total. The molecular formula is C13H18BrN3O. The van der Waals surface area contributed by atoms with Crippen LogP contribution in [0.3, 0.4) is 0 Å². The van der Waals surface area contributed by atoms with Gasteiger partial charge in [-0.3, -0.25) is 0 Å². The smallest absolute Gasteiger partial charge is 0.160 e. The van der Waals surface area contributed by atoms with E-state index in [9.17, 15) is 0 Å². The molecule has 0 aliphatic heterocycles. The van der Waals surface area contributed by atoms with Crippen LogP contribution in [0, 0.1) is 5.92 Å². The van der Waals surface area contributed by atoms with Gasteiger partial charge in [-0.2, -0.15) is 0 Å². The van der Waals surface area contributed by atoms with E-state index in [2.05, 4.69) is 26.2 Å². The maximum absolute atomic E-state index is 5.59. The summed E-state index contributed by atoms with van der Waals surface area (Å²) < 4.78 is 6.60. The standard InChI is InChI=1S/C13H18BrN3O/c1-15-12-9(14)10(7-3-4-7)16-13(17-12)11(18-2)8-5-6-8/h7-8,11H,3-6H2,1-2H3,(H,15,16,17). The third-order valence-electron chi connectivity index (χ3n) is 3.65. The molecule has 3 rings (SSSR count). The molecule has 2 saturated carbocycles. The lowest BCUT2D eigenvalue weighted by molar-refractivity contribution is 0.0771. The lowest BCUT2D eigenvalue weighted by atomic mass is 10.2. The zero-order valence-electron chi connectivity index (χ0n) is 10.7. The van der Waals surface area contributed by atoms with Crippen LogP contribution in [-0.2, 0) is 4.74 Å². The number of nitrogens with zero attached hydrogens (tertiary/aromatic N) is 2. The van der Waals surface area contributed by atoms with Crippen molar-refractivity contribution in [2.45, 2.75) is 37.7 Å². The van der Waals surface area contributed by atoms with Crippen LogP contribution in [0.5, 0.6) is 0 Å². The van der Waals surface area contributed by atoms with E-state index in [0.29, 0.717) is 11.8 Å². The SMILES string of the molecule is CNc1nc(C(OC)C2CC2)nc(C2CC2)c1Br. The van der Waals surface area contributed by atoms with Gasteiger partial charge in [-0.15, -0.1) is 0 Å². The number of nitrogens with one attached hydrogen (secondary N) is 1. The van der Waals surface area contributed by atoms with Crippen molar-refractivity contribution in [1.82, 2.24) is 9.97 Å². The van der Waals surface area contributed by atoms with Crippen molar-refractivity contribution in [1.29, 1.82) is 0 Å². The summed E-state index contributed by atoms with van der Waals surface area (Å²) >= 11 is 3.61. The van der Waals surface area contributed by atoms with E-state index in [1.165, 1.54) is 25.7 Å². The number of hydrogen-bond donors (Lipinski definition) is 1. The highest BCUT2D eigenvalue weighted by molar-refractivity contribution is 9.10. The Morgan fingerprint density at radius 3 is 2.50 bits per heavy atom. The zero-order chi connectivity index (χ0) is 12.7. The van der Waals surface area contributed by atoms with Crippen molar-refractivity contribution < 1.29 is 4.74 Å². The molecule has 2 aliphatic rings. The fraction of sp³-hybridized carbons (Fsp3) is 0.692. The summed E-state index contributed by atoms with van der Waals surface area (Å²) in [5.74, 6) is 2.93. The highest BCUT2D eigenvalue weighted by atomic mass is 79.9. The molecule has 1 heterocycles. The zero-order valence-corrected chi connectivity index (χ0v) is 12.3. The van der Waals surface area contributed by atoms with Gasteiger partial charge in [-0.05, 0) is 47.5 Å². The van der Waals surface area contributed by atoms with Crippen LogP contribution in [0.4, 0.5) is 5.82 Å². The van der Waals surface area contributed by atoms with Crippen molar-refractivity contribution >= 4 is 21.7 Å². The molecule has 98 valence electrons. The summed E-state index contributed by atoms with van der Waals surface area (Å²) in [5, 5.41) is 3.14. The molecule has 0 aromatic carbocycles. The number of halogens is 1. The van der Waals surface area contributed by atoms with E-state index in [1.54, 1.807) is 7.11 Å². The van der Waals surface area contributed by atoms with Crippen LogP contribution in [0.1, 0.15) is 49.2 Å². The molecule has 1 atom stereocenters. The van der Waals surface area contributed by atoms with Gasteiger partial charge in [-0.25, -0.2) is 9.97 Å². The van der Waals surface area contributed by atoms with Crippen molar-refractivity contribution in [2.24, 2.45) is 5.92 Å². The second-order valence-electron chi connectivity index (χ2n) is 5.15. The fourth-order valence-corrected chi connectivity index (χ4v) is 3.01. The Kier molecular flexibility index (Phi) is 3.28. The first-order valence-corrected chi connectivity index (χ1v) is 7.31. The molecule has 4 nitrogen and oxygen atoms in total. The molecule has 2 aliphatic carbocycles. The molecule has 5 heteroatoms. The maximum atomic E-state index is 5.59. The number of methoxy groups -OCH3 is 1. The van der Waals surface area contributed by atoms with Gasteiger partial charge < -0.3 is 10.1 Å². The molecular weight excluding hydrogens is 294 g/mol. The minimum atomic E-state index is 0.0581. The van der Waals surface area contributed by atoms with E-state index in [-0.39, 0.29) is 6.10 Å². The molecule has 0 saturated heterocycles. The molecule has 0 bridgehead atoms. The van der Waals surface area contributed by atoms with Gasteiger partial charge in [-0.1, -0.05) is 0 Å². The first kappa shape index (κ1) is 12.4. The summed E-state index contributed by atoms with van der Waals surface area (Å²) in [6.07, 6.45) is 4.98. The monoisotopic (exact) mass is 311 g/mol. The summed E-state index contributed by atoms with van der Waals surface area (Å²) in [6.45, 7) is 0. The van der Waals surface area contributed by atoms with Crippen LogP contribution in [0.15, 0.2) is 4.47 Å². The van der Waals surface area contributed by atoms with Crippen LogP contribution < -0.4 is 5.32 Å². The molecule has 0 radical (unpaired) electrons. The highest BCUT2D eigenvalue weighted by Crippen LogP contribution is 2.46. The molecule has 1 aromatic rings. The number of ether oxygens (including phenoxy) is 1. The largest absolute Gasteiger partial charge is 0.373 e. The van der Waals surface area contributed by atoms with E-state index in [1.807, 2.05) is 7.05 Å². The third kappa shape index (κ3) is 2.26. The van der Waals surface area contributed by atoms with Crippen molar-refractivity contribution in [3.63, 3.8) is 0 Å². The predicted octanol–water partition coefficient (Wildman–Crippen LogP) is 3.26. The Labute approximate surface area is 116 Å². The normalized spacial score (nSPS) is 20.8. The van der Waals surface area contributed by atoms with Crippen molar-refractivity contribution in [3.05, 3.63) is 16.0 Å². The van der Waals surface area contributed by atoms with Crippen LogP contribution in [-0.4, -0.2) is 24.1 Å². The second-order valence-corrected chi connectivity index (χ2v) is 5.94. The second kappa shape index (κ2) is 4.78. The lowest BCUT2D eigenvalue weighted by Gasteiger charge is -2.16. The van der Waals surface area contributed by atoms with Gasteiger partial charge in [0.15, 0.2) is 5.82 Å². The van der Waals surface area contributed by atoms with Gasteiger partial charge in [0.05, 0.1) is 10.2 Å². The topological polar surface area (TPSA) is 47.0 Å². The Bertz CT molecular complexity index is 458. The third-order valence-corrected chi connectivity index (χ3v) is 4.44. The number of hydrogen-bond acceptors (Lipinski definition) is 4. The lowest BCUT2D eigenvalue weighted by Crippen LogP contribution is -2.12. The summed E-state index contributed by atoms with van der Waals surface area (Å²) in [6, 6.07) is 0. The minimum Gasteiger partial charge on any atom is -0.373 e. The molecule has 1 unspecified atom stereocenters. The van der Waals surface area contributed by atoms with E-state index >= 15 is 0 Å². The van der Waals surface area contributed by atoms with E-state index in [0.717, 1.165) is 21.8 Å². The Morgan fingerprint density at radius 1 is 1.28 bits per heavy atom. The Morgan fingerprint density at radius 2 is 2.00 bits per heavy atom. The van der Waals surface area contributed by atoms with Crippen molar-refractivity contribution in [2.75, 3.05) is 19.5 Å². The summed E-state index contributed by atoms with van der Waals surface area (Å²) in [7, 11) is 3.65. The number of rotatable bonds is 5. The van der Waals surface area contributed by atoms with Gasteiger partial charge in [0.2, 0.25) is 0 Å². The molecule has 1 aromatic heterocycles. The highest BCUT2D eigenvalue weighted by Gasteiger charge is 2.36. The molecule has 2 fully saturated rings. The van der Waals surface area contributed by atoms with Crippen molar-refractivity contribution in [3.8, 4) is 0 Å². The minimum absolute atomic E-state index is 0.0581. The first-order chi connectivity index (χ1) is 8.74. The van der Waals surface area contributed by atoms with E-state index < -0.39 is 0 Å². The quantitative estimate of drug-likeness (QED) is 0.906. The van der Waals surface area contributed by atoms with Crippen LogP contribution >= 0.6 is 15.9 Å². The first-order valence-electron chi connectivity index (χ1n) is 6.52. The van der Waals surface area contributed by atoms with Crippen LogP contribution in [0.25, 0.3) is 0 Å². The molecule has 18 heavy (non-hydrogen) atoms. The van der Waals surface area contributed by atoms with Gasteiger partial charge in [0, 0.05) is 20.1 Å². The van der Waals surface area contributed by atoms with Gasteiger partial charge >= 0.3 is 0 Å². The molecule has 0 amide bonds. The predicted molar refractivity (Wildman–Crippen MR) is 73.7 cm³/mol. The average molecular weight is 312 g/mol. The Balaban J connectivity index is 2.00. The van der Waals surface area contributed by atoms with Gasteiger partial charge in [0.1, 0.15) is 11.9 Å². The van der Waals surface area contributed by atoms with E-state index in [4.69, 9.17) is 9.72 Å². The molecule has 0 spiro atoms. The van der Waals surface area contributed by atoms with Crippen LogP contribution in [0.2, 0.25) is 0 Å². The maximum Gasteiger partial charge on any atom is 0.160 e. The number of anilines is 1.